The molecule has 5 aromatic rings. The zero-order chi connectivity index (χ0) is 20.5. The van der Waals surface area contributed by atoms with E-state index in [0.717, 1.165) is 43.3 Å². The number of rotatable bonds is 5. The molecule has 3 aromatic heterocycles. The Bertz CT molecular complexity index is 1310. The Labute approximate surface area is 186 Å². The lowest BCUT2D eigenvalue weighted by Gasteiger charge is -2.01. The number of aromatic nitrogens is 4. The van der Waals surface area contributed by atoms with Crippen molar-refractivity contribution in [1.82, 2.24) is 19.6 Å². The molecule has 2 aromatic carbocycles. The lowest BCUT2D eigenvalue weighted by atomic mass is 10.1. The molecule has 3 heterocycles. The smallest absolute Gasteiger partial charge is 0.226 e. The van der Waals surface area contributed by atoms with Gasteiger partial charge in [0.05, 0.1) is 16.9 Å². The van der Waals surface area contributed by atoms with Crippen LogP contribution in [-0.4, -0.2) is 19.6 Å². The van der Waals surface area contributed by atoms with Crippen LogP contribution < -0.4 is 0 Å². The molecule has 5 rings (SSSR count). The Morgan fingerprint density at radius 3 is 2.63 bits per heavy atom. The average Bonchev–Trinajstić information content (AvgIpc) is 3.37. The van der Waals surface area contributed by atoms with E-state index in [4.69, 9.17) is 14.5 Å². The summed E-state index contributed by atoms with van der Waals surface area (Å²) in [7, 11) is 0. The van der Waals surface area contributed by atoms with Crippen molar-refractivity contribution >= 4 is 33.2 Å². The van der Waals surface area contributed by atoms with Gasteiger partial charge in [-0.3, -0.25) is 0 Å². The van der Waals surface area contributed by atoms with Crippen molar-refractivity contribution < 1.29 is 4.42 Å². The molecule has 0 unspecified atom stereocenters. The van der Waals surface area contributed by atoms with Crippen LogP contribution in [0.25, 0.3) is 28.2 Å². The summed E-state index contributed by atoms with van der Waals surface area (Å²) in [5.41, 5.74) is 4.87. The molecule has 0 amide bonds. The summed E-state index contributed by atoms with van der Waals surface area (Å²) in [4.78, 5) is 9.27. The molecular weight excluding hydrogens is 460 g/mol. The van der Waals surface area contributed by atoms with E-state index in [1.807, 2.05) is 60.1 Å². The van der Waals surface area contributed by atoms with Crippen LogP contribution >= 0.6 is 27.7 Å². The Morgan fingerprint density at radius 1 is 1.03 bits per heavy atom. The van der Waals surface area contributed by atoms with Gasteiger partial charge in [0.2, 0.25) is 5.89 Å². The lowest BCUT2D eigenvalue weighted by Crippen LogP contribution is -1.92. The first kappa shape index (κ1) is 19.1. The van der Waals surface area contributed by atoms with Gasteiger partial charge in [0.15, 0.2) is 0 Å². The van der Waals surface area contributed by atoms with E-state index in [9.17, 15) is 0 Å². The molecule has 0 fully saturated rings. The van der Waals surface area contributed by atoms with Gasteiger partial charge in [0, 0.05) is 33.7 Å². The van der Waals surface area contributed by atoms with E-state index in [1.165, 1.54) is 0 Å². The molecule has 0 aliphatic rings. The standard InChI is InChI=1S/C23H17BrN4OS/c1-15-20(26-22(29-15)17-5-3-2-4-6-17)14-30-23-21-13-19(27-28(21)12-11-25-23)16-7-9-18(24)10-8-16/h2-13H,14H2,1H3. The van der Waals surface area contributed by atoms with Gasteiger partial charge < -0.3 is 4.42 Å². The number of hydrogen-bond donors (Lipinski definition) is 0. The van der Waals surface area contributed by atoms with E-state index in [2.05, 4.69) is 39.1 Å². The van der Waals surface area contributed by atoms with Gasteiger partial charge in [-0.05, 0) is 37.3 Å². The van der Waals surface area contributed by atoms with Crippen molar-refractivity contribution in [1.29, 1.82) is 0 Å². The average molecular weight is 477 g/mol. The normalized spacial score (nSPS) is 11.3. The van der Waals surface area contributed by atoms with Crippen molar-refractivity contribution in [2.75, 3.05) is 0 Å². The van der Waals surface area contributed by atoms with Crippen molar-refractivity contribution in [3.05, 3.63) is 89.0 Å². The minimum Gasteiger partial charge on any atom is -0.441 e. The zero-order valence-corrected chi connectivity index (χ0v) is 18.5. The van der Waals surface area contributed by atoms with Crippen LogP contribution in [0.4, 0.5) is 0 Å². The summed E-state index contributed by atoms with van der Waals surface area (Å²) in [5, 5.41) is 5.62. The second-order valence-electron chi connectivity index (χ2n) is 6.78. The van der Waals surface area contributed by atoms with Crippen LogP contribution in [0.3, 0.4) is 0 Å². The van der Waals surface area contributed by atoms with Crippen molar-refractivity contribution in [2.45, 2.75) is 17.7 Å². The molecule has 0 N–H and O–H groups in total. The van der Waals surface area contributed by atoms with Crippen LogP contribution in [0.15, 0.2) is 87.0 Å². The van der Waals surface area contributed by atoms with Crippen LogP contribution in [-0.2, 0) is 5.75 Å². The third kappa shape index (κ3) is 3.78. The third-order valence-corrected chi connectivity index (χ3v) is 6.29. The highest BCUT2D eigenvalue weighted by Gasteiger charge is 2.14. The first-order chi connectivity index (χ1) is 14.7. The largest absolute Gasteiger partial charge is 0.441 e. The first-order valence-corrected chi connectivity index (χ1v) is 11.2. The van der Waals surface area contributed by atoms with Crippen molar-refractivity contribution in [3.63, 3.8) is 0 Å². The topological polar surface area (TPSA) is 56.2 Å². The van der Waals surface area contributed by atoms with Crippen LogP contribution in [0.1, 0.15) is 11.5 Å². The minimum absolute atomic E-state index is 0.650. The first-order valence-electron chi connectivity index (χ1n) is 9.42. The highest BCUT2D eigenvalue weighted by Crippen LogP contribution is 2.30. The second kappa shape index (κ2) is 8.08. The summed E-state index contributed by atoms with van der Waals surface area (Å²) < 4.78 is 8.80. The number of oxazole rings is 1. The number of nitrogens with zero attached hydrogens (tertiary/aromatic N) is 4. The van der Waals surface area contributed by atoms with Crippen molar-refractivity contribution in [2.24, 2.45) is 0 Å². The number of benzene rings is 2. The fraction of sp³-hybridized carbons (Fsp3) is 0.0870. The van der Waals surface area contributed by atoms with Crippen molar-refractivity contribution in [3.8, 4) is 22.7 Å². The molecule has 0 saturated heterocycles. The number of hydrogen-bond acceptors (Lipinski definition) is 5. The summed E-state index contributed by atoms with van der Waals surface area (Å²) in [5.74, 6) is 2.15. The molecule has 5 nitrogen and oxygen atoms in total. The maximum Gasteiger partial charge on any atom is 0.226 e. The third-order valence-electron chi connectivity index (χ3n) is 4.75. The number of aryl methyl sites for hydroxylation is 1. The van der Waals surface area contributed by atoms with Gasteiger partial charge in [-0.25, -0.2) is 14.5 Å². The zero-order valence-electron chi connectivity index (χ0n) is 16.1. The Morgan fingerprint density at radius 2 is 1.83 bits per heavy atom. The molecule has 30 heavy (non-hydrogen) atoms. The number of fused-ring (bicyclic) bond motifs is 1. The lowest BCUT2D eigenvalue weighted by molar-refractivity contribution is 0.540. The fourth-order valence-corrected chi connectivity index (χ4v) is 4.42. The van der Waals surface area contributed by atoms with Gasteiger partial charge in [-0.1, -0.05) is 58.0 Å². The molecule has 0 radical (unpaired) electrons. The Kier molecular flexibility index (Phi) is 5.14. The van der Waals surface area contributed by atoms with Gasteiger partial charge >= 0.3 is 0 Å². The van der Waals surface area contributed by atoms with E-state index < -0.39 is 0 Å². The quantitative estimate of drug-likeness (QED) is 0.274. The number of halogens is 1. The summed E-state index contributed by atoms with van der Waals surface area (Å²) in [6.45, 7) is 1.95. The predicted molar refractivity (Wildman–Crippen MR) is 122 cm³/mol. The molecule has 148 valence electrons. The fourth-order valence-electron chi connectivity index (χ4n) is 3.17. The van der Waals surface area contributed by atoms with E-state index in [-0.39, 0.29) is 0 Å². The second-order valence-corrected chi connectivity index (χ2v) is 8.65. The summed E-state index contributed by atoms with van der Waals surface area (Å²) in [6.07, 6.45) is 3.65. The molecule has 0 saturated carbocycles. The maximum absolute atomic E-state index is 5.88. The molecular formula is C23H17BrN4OS. The van der Waals surface area contributed by atoms with E-state index in [0.29, 0.717) is 11.6 Å². The summed E-state index contributed by atoms with van der Waals surface area (Å²) >= 11 is 5.11. The Balaban J connectivity index is 1.41. The summed E-state index contributed by atoms with van der Waals surface area (Å²) in [6, 6.07) is 20.2. The molecule has 0 aliphatic carbocycles. The van der Waals surface area contributed by atoms with Gasteiger partial charge in [-0.2, -0.15) is 5.10 Å². The van der Waals surface area contributed by atoms with Gasteiger partial charge in [0.25, 0.3) is 0 Å². The predicted octanol–water partition coefficient (Wildman–Crippen LogP) is 6.41. The van der Waals surface area contributed by atoms with Crippen LogP contribution in [0.2, 0.25) is 0 Å². The SMILES string of the molecule is Cc1oc(-c2ccccc2)nc1CSc1nccn2nc(-c3ccc(Br)cc3)cc12. The highest BCUT2D eigenvalue weighted by molar-refractivity contribution is 9.10. The monoisotopic (exact) mass is 476 g/mol. The maximum atomic E-state index is 5.88. The molecule has 0 spiro atoms. The molecule has 0 atom stereocenters. The van der Waals surface area contributed by atoms with E-state index >= 15 is 0 Å². The van der Waals surface area contributed by atoms with Gasteiger partial charge in [0.1, 0.15) is 10.8 Å². The minimum atomic E-state index is 0.650. The molecule has 7 heteroatoms. The molecule has 0 aliphatic heterocycles. The Hall–Kier alpha value is -2.90. The highest BCUT2D eigenvalue weighted by atomic mass is 79.9. The number of thioether (sulfide) groups is 1. The van der Waals surface area contributed by atoms with Gasteiger partial charge in [-0.15, -0.1) is 0 Å². The van der Waals surface area contributed by atoms with Crippen LogP contribution in [0.5, 0.6) is 0 Å². The van der Waals surface area contributed by atoms with Crippen LogP contribution in [0, 0.1) is 6.92 Å². The van der Waals surface area contributed by atoms with E-state index in [1.54, 1.807) is 18.0 Å². The molecule has 0 bridgehead atoms.